The average molecular weight is 222 g/mol. The van der Waals surface area contributed by atoms with E-state index < -0.39 is 0 Å². The fourth-order valence-corrected chi connectivity index (χ4v) is 1.45. The highest BCUT2D eigenvalue weighted by molar-refractivity contribution is 5.52. The number of carbonyl (C=O) groups is 1. The SMILES string of the molecule is CCC(C)=CCCC(C)=CCCC(C)C=O. The van der Waals surface area contributed by atoms with Crippen LogP contribution in [0.1, 0.15) is 59.8 Å². The Hall–Kier alpha value is -0.850. The Morgan fingerprint density at radius 1 is 1.12 bits per heavy atom. The van der Waals surface area contributed by atoms with Crippen molar-refractivity contribution in [2.45, 2.75) is 59.8 Å². The number of hydrogen-bond acceptors (Lipinski definition) is 1. The first-order chi connectivity index (χ1) is 7.60. The quantitative estimate of drug-likeness (QED) is 0.430. The van der Waals surface area contributed by atoms with Gasteiger partial charge in [-0.25, -0.2) is 0 Å². The fourth-order valence-electron chi connectivity index (χ4n) is 1.45. The van der Waals surface area contributed by atoms with Gasteiger partial charge in [-0.2, -0.15) is 0 Å². The van der Waals surface area contributed by atoms with E-state index in [4.69, 9.17) is 0 Å². The molecule has 1 unspecified atom stereocenters. The maximum atomic E-state index is 10.4. The van der Waals surface area contributed by atoms with Crippen molar-refractivity contribution in [1.82, 2.24) is 0 Å². The Balaban J connectivity index is 3.75. The molecular weight excluding hydrogens is 196 g/mol. The maximum Gasteiger partial charge on any atom is 0.122 e. The van der Waals surface area contributed by atoms with Crippen LogP contribution in [0, 0.1) is 5.92 Å². The molecule has 0 bridgehead atoms. The van der Waals surface area contributed by atoms with E-state index in [0.29, 0.717) is 0 Å². The first-order valence-corrected chi connectivity index (χ1v) is 6.36. The lowest BCUT2D eigenvalue weighted by molar-refractivity contribution is -0.110. The van der Waals surface area contributed by atoms with Crippen LogP contribution in [0.2, 0.25) is 0 Å². The van der Waals surface area contributed by atoms with Crippen LogP contribution in [0.25, 0.3) is 0 Å². The molecule has 0 saturated carbocycles. The smallest absolute Gasteiger partial charge is 0.122 e. The molecule has 0 N–H and O–H groups in total. The van der Waals surface area contributed by atoms with Gasteiger partial charge in [0.2, 0.25) is 0 Å². The second kappa shape index (κ2) is 9.38. The molecule has 0 spiro atoms. The highest BCUT2D eigenvalue weighted by atomic mass is 16.1. The van der Waals surface area contributed by atoms with E-state index in [2.05, 4.69) is 32.9 Å². The Bertz CT molecular complexity index is 248. The van der Waals surface area contributed by atoms with Crippen LogP contribution < -0.4 is 0 Å². The summed E-state index contributed by atoms with van der Waals surface area (Å²) in [6.07, 6.45) is 11.1. The van der Waals surface area contributed by atoms with Gasteiger partial charge in [-0.3, -0.25) is 0 Å². The van der Waals surface area contributed by atoms with Gasteiger partial charge in [-0.1, -0.05) is 37.1 Å². The molecule has 0 aromatic rings. The zero-order valence-electron chi connectivity index (χ0n) is 11.3. The van der Waals surface area contributed by atoms with Crippen molar-refractivity contribution in [3.05, 3.63) is 23.3 Å². The number of rotatable bonds is 8. The van der Waals surface area contributed by atoms with E-state index in [1.807, 2.05) is 6.92 Å². The molecule has 0 aromatic heterocycles. The van der Waals surface area contributed by atoms with Gasteiger partial charge in [0.25, 0.3) is 0 Å². The molecule has 16 heavy (non-hydrogen) atoms. The van der Waals surface area contributed by atoms with E-state index in [9.17, 15) is 4.79 Å². The Morgan fingerprint density at radius 2 is 1.75 bits per heavy atom. The first kappa shape index (κ1) is 15.2. The van der Waals surface area contributed by atoms with E-state index in [1.165, 1.54) is 11.1 Å². The maximum absolute atomic E-state index is 10.4. The minimum Gasteiger partial charge on any atom is -0.303 e. The van der Waals surface area contributed by atoms with E-state index in [0.717, 1.165) is 38.4 Å². The highest BCUT2D eigenvalue weighted by Gasteiger charge is 1.97. The summed E-state index contributed by atoms with van der Waals surface area (Å²) in [5, 5.41) is 0. The molecule has 0 fully saturated rings. The summed E-state index contributed by atoms with van der Waals surface area (Å²) in [4.78, 5) is 10.4. The molecule has 0 aliphatic heterocycles. The zero-order valence-corrected chi connectivity index (χ0v) is 11.3. The molecule has 0 heterocycles. The fraction of sp³-hybridized carbons (Fsp3) is 0.667. The molecule has 0 saturated heterocycles. The van der Waals surface area contributed by atoms with E-state index in [1.54, 1.807) is 0 Å². The molecule has 92 valence electrons. The van der Waals surface area contributed by atoms with Crippen molar-refractivity contribution in [2.24, 2.45) is 5.92 Å². The van der Waals surface area contributed by atoms with Gasteiger partial charge in [0.05, 0.1) is 0 Å². The topological polar surface area (TPSA) is 17.1 Å². The third-order valence-corrected chi connectivity index (χ3v) is 2.94. The van der Waals surface area contributed by atoms with Crippen LogP contribution in [0.15, 0.2) is 23.3 Å². The monoisotopic (exact) mass is 222 g/mol. The minimum absolute atomic E-state index is 0.200. The van der Waals surface area contributed by atoms with Gasteiger partial charge in [0.15, 0.2) is 0 Å². The van der Waals surface area contributed by atoms with Crippen molar-refractivity contribution in [2.75, 3.05) is 0 Å². The lowest BCUT2D eigenvalue weighted by Crippen LogP contribution is -1.93. The summed E-state index contributed by atoms with van der Waals surface area (Å²) in [7, 11) is 0. The van der Waals surface area contributed by atoms with Gasteiger partial charge in [-0.05, 0) is 46.0 Å². The van der Waals surface area contributed by atoms with Gasteiger partial charge < -0.3 is 4.79 Å². The van der Waals surface area contributed by atoms with Crippen LogP contribution >= 0.6 is 0 Å². The van der Waals surface area contributed by atoms with Gasteiger partial charge >= 0.3 is 0 Å². The lowest BCUT2D eigenvalue weighted by atomic mass is 10.0. The van der Waals surface area contributed by atoms with Gasteiger partial charge in [0.1, 0.15) is 6.29 Å². The summed E-state index contributed by atoms with van der Waals surface area (Å²) in [5.41, 5.74) is 2.92. The molecular formula is C15H26O. The van der Waals surface area contributed by atoms with Crippen molar-refractivity contribution in [1.29, 1.82) is 0 Å². The molecule has 1 atom stereocenters. The highest BCUT2D eigenvalue weighted by Crippen LogP contribution is 2.11. The van der Waals surface area contributed by atoms with Crippen LogP contribution in [-0.2, 0) is 4.79 Å². The number of aldehydes is 1. The second-order valence-electron chi connectivity index (χ2n) is 4.68. The van der Waals surface area contributed by atoms with Crippen LogP contribution in [-0.4, -0.2) is 6.29 Å². The van der Waals surface area contributed by atoms with Crippen molar-refractivity contribution in [3.8, 4) is 0 Å². The number of hydrogen-bond donors (Lipinski definition) is 0. The summed E-state index contributed by atoms with van der Waals surface area (Å²) in [6.45, 7) is 8.53. The van der Waals surface area contributed by atoms with Crippen molar-refractivity contribution < 1.29 is 4.79 Å². The molecule has 0 aliphatic rings. The summed E-state index contributed by atoms with van der Waals surface area (Å²) in [5.74, 6) is 0.200. The molecule has 0 rings (SSSR count). The second-order valence-corrected chi connectivity index (χ2v) is 4.68. The third-order valence-electron chi connectivity index (χ3n) is 2.94. The molecule has 0 aromatic carbocycles. The first-order valence-electron chi connectivity index (χ1n) is 6.36. The largest absolute Gasteiger partial charge is 0.303 e. The van der Waals surface area contributed by atoms with Crippen LogP contribution in [0.3, 0.4) is 0 Å². The Morgan fingerprint density at radius 3 is 2.31 bits per heavy atom. The summed E-state index contributed by atoms with van der Waals surface area (Å²) in [6, 6.07) is 0. The van der Waals surface area contributed by atoms with Crippen LogP contribution in [0.5, 0.6) is 0 Å². The third kappa shape index (κ3) is 8.46. The number of carbonyl (C=O) groups excluding carboxylic acids is 1. The standard InChI is InChI=1S/C15H26O/c1-5-13(2)8-6-9-14(3)10-7-11-15(4)12-16/h8,10,12,15H,5-7,9,11H2,1-4H3. The Labute approximate surface area is 101 Å². The predicted octanol–water partition coefficient (Wildman–Crippen LogP) is 4.68. The van der Waals surface area contributed by atoms with Crippen LogP contribution in [0.4, 0.5) is 0 Å². The minimum atomic E-state index is 0.200. The molecule has 0 radical (unpaired) electrons. The molecule has 0 aliphatic carbocycles. The molecule has 1 heteroatoms. The zero-order chi connectivity index (χ0) is 12.4. The van der Waals surface area contributed by atoms with Gasteiger partial charge in [-0.15, -0.1) is 0 Å². The van der Waals surface area contributed by atoms with Crippen molar-refractivity contribution in [3.63, 3.8) is 0 Å². The number of allylic oxidation sites excluding steroid dienone is 4. The molecule has 0 amide bonds. The summed E-state index contributed by atoms with van der Waals surface area (Å²) < 4.78 is 0. The van der Waals surface area contributed by atoms with Gasteiger partial charge in [0, 0.05) is 5.92 Å². The lowest BCUT2D eigenvalue weighted by Gasteiger charge is -2.02. The Kier molecular flexibility index (Phi) is 8.88. The molecule has 1 nitrogen and oxygen atoms in total. The van der Waals surface area contributed by atoms with Crippen molar-refractivity contribution >= 4 is 6.29 Å². The van der Waals surface area contributed by atoms with E-state index in [-0.39, 0.29) is 5.92 Å². The average Bonchev–Trinajstić information content (AvgIpc) is 2.28. The predicted molar refractivity (Wildman–Crippen MR) is 71.5 cm³/mol. The van der Waals surface area contributed by atoms with E-state index >= 15 is 0 Å². The normalized spacial score (nSPS) is 15.0. The summed E-state index contributed by atoms with van der Waals surface area (Å²) >= 11 is 0.